The average Bonchev–Trinajstić information content (AvgIpc) is 2.15. The van der Waals surface area contributed by atoms with Crippen LogP contribution < -0.4 is 10.5 Å². The predicted molar refractivity (Wildman–Crippen MR) is 67.0 cm³/mol. The highest BCUT2D eigenvalue weighted by molar-refractivity contribution is 5.85. The van der Waals surface area contributed by atoms with Gasteiger partial charge >= 0.3 is 0 Å². The molecule has 1 aromatic rings. The molecule has 0 spiro atoms. The Kier molecular flexibility index (Phi) is 5.85. The van der Waals surface area contributed by atoms with Gasteiger partial charge in [0.2, 0.25) is 0 Å². The molecule has 5 heteroatoms. The largest absolute Gasteiger partial charge is 0.488 e. The van der Waals surface area contributed by atoms with Gasteiger partial charge in [-0.15, -0.1) is 12.4 Å². The van der Waals surface area contributed by atoms with E-state index < -0.39 is 12.5 Å². The van der Waals surface area contributed by atoms with Crippen molar-refractivity contribution in [1.29, 1.82) is 0 Å². The van der Waals surface area contributed by atoms with Gasteiger partial charge in [0.05, 0.1) is 6.04 Å². The number of benzene rings is 1. The minimum absolute atomic E-state index is 0. The first kappa shape index (κ1) is 16.1. The van der Waals surface area contributed by atoms with Gasteiger partial charge in [0, 0.05) is 0 Å². The number of hydrogen-bond acceptors (Lipinski definition) is 2. The second kappa shape index (κ2) is 6.17. The first-order chi connectivity index (χ1) is 7.29. The van der Waals surface area contributed by atoms with E-state index in [9.17, 15) is 8.78 Å². The van der Waals surface area contributed by atoms with Crippen LogP contribution in [0.25, 0.3) is 0 Å². The summed E-state index contributed by atoms with van der Waals surface area (Å²) in [5.41, 5.74) is 5.44. The summed E-state index contributed by atoms with van der Waals surface area (Å²) in [5, 5.41) is 0. The highest BCUT2D eigenvalue weighted by atomic mass is 35.5. The van der Waals surface area contributed by atoms with Crippen molar-refractivity contribution in [2.45, 2.75) is 38.8 Å². The van der Waals surface area contributed by atoms with E-state index in [0.29, 0.717) is 11.3 Å². The number of ether oxygens (including phenoxy) is 1. The third-order valence-electron chi connectivity index (χ3n) is 1.96. The number of halogens is 3. The molecule has 1 atom stereocenters. The van der Waals surface area contributed by atoms with E-state index >= 15 is 0 Å². The molecule has 1 rings (SSSR count). The van der Waals surface area contributed by atoms with Gasteiger partial charge in [-0.25, -0.2) is 8.78 Å². The monoisotopic (exact) mass is 265 g/mol. The van der Waals surface area contributed by atoms with Crippen molar-refractivity contribution in [2.24, 2.45) is 5.73 Å². The molecule has 98 valence electrons. The van der Waals surface area contributed by atoms with Crippen molar-refractivity contribution >= 4 is 12.4 Å². The summed E-state index contributed by atoms with van der Waals surface area (Å²) >= 11 is 0. The third-order valence-corrected chi connectivity index (χ3v) is 1.96. The second-order valence-corrected chi connectivity index (χ2v) is 4.64. The molecule has 0 aliphatic rings. The molecule has 17 heavy (non-hydrogen) atoms. The lowest BCUT2D eigenvalue weighted by atomic mass is 10.1. The zero-order valence-corrected chi connectivity index (χ0v) is 10.9. The van der Waals surface area contributed by atoms with Crippen molar-refractivity contribution < 1.29 is 13.5 Å². The van der Waals surface area contributed by atoms with E-state index in [-0.39, 0.29) is 18.0 Å². The Morgan fingerprint density at radius 3 is 1.94 bits per heavy atom. The molecule has 2 N–H and O–H groups in total. The summed E-state index contributed by atoms with van der Waals surface area (Å²) in [4.78, 5) is 0. The number of alkyl halides is 2. The van der Waals surface area contributed by atoms with Crippen LogP contribution in [0.15, 0.2) is 24.3 Å². The minimum Gasteiger partial charge on any atom is -0.488 e. The molecular weight excluding hydrogens is 248 g/mol. The summed E-state index contributed by atoms with van der Waals surface area (Å²) in [5.74, 6) is 0.651. The first-order valence-electron chi connectivity index (χ1n) is 5.12. The Morgan fingerprint density at radius 1 is 1.12 bits per heavy atom. The standard InChI is InChI=1S/C12H17F2NO.ClH/c1-12(2,3)16-9-6-4-8(5-7-9)10(15)11(13)14;/h4-7,10-11H,15H2,1-3H3;1H/t10-;/m0./s1. The van der Waals surface area contributed by atoms with Gasteiger partial charge in [-0.3, -0.25) is 0 Å². The van der Waals surface area contributed by atoms with Gasteiger partial charge in [0.15, 0.2) is 0 Å². The quantitative estimate of drug-likeness (QED) is 0.907. The molecule has 0 aromatic heterocycles. The van der Waals surface area contributed by atoms with Crippen LogP contribution in [0.1, 0.15) is 32.4 Å². The normalized spacial score (nSPS) is 13.1. The van der Waals surface area contributed by atoms with E-state index in [2.05, 4.69) is 0 Å². The average molecular weight is 266 g/mol. The fourth-order valence-electron chi connectivity index (χ4n) is 1.26. The van der Waals surface area contributed by atoms with E-state index in [1.807, 2.05) is 20.8 Å². The first-order valence-corrected chi connectivity index (χ1v) is 5.12. The molecule has 2 nitrogen and oxygen atoms in total. The van der Waals surface area contributed by atoms with Crippen LogP contribution in [-0.2, 0) is 0 Å². The number of nitrogens with two attached hydrogens (primary N) is 1. The topological polar surface area (TPSA) is 35.2 Å². The Hall–Kier alpha value is -0.870. The highest BCUT2D eigenvalue weighted by Gasteiger charge is 2.17. The van der Waals surface area contributed by atoms with Crippen molar-refractivity contribution in [3.05, 3.63) is 29.8 Å². The zero-order chi connectivity index (χ0) is 12.3. The molecule has 0 fully saturated rings. The van der Waals surface area contributed by atoms with Crippen LogP contribution in [0.2, 0.25) is 0 Å². The molecule has 0 bridgehead atoms. The summed E-state index contributed by atoms with van der Waals surface area (Å²) < 4.78 is 30.2. The maximum absolute atomic E-state index is 12.3. The van der Waals surface area contributed by atoms with Crippen LogP contribution in [-0.4, -0.2) is 12.0 Å². The molecule has 0 saturated carbocycles. The molecule has 0 unspecified atom stereocenters. The molecule has 0 amide bonds. The van der Waals surface area contributed by atoms with Crippen molar-refractivity contribution in [3.63, 3.8) is 0 Å². The fraction of sp³-hybridized carbons (Fsp3) is 0.500. The maximum atomic E-state index is 12.3. The smallest absolute Gasteiger partial charge is 0.257 e. The highest BCUT2D eigenvalue weighted by Crippen LogP contribution is 2.23. The Bertz CT molecular complexity index is 335. The van der Waals surface area contributed by atoms with Crippen LogP contribution >= 0.6 is 12.4 Å². The van der Waals surface area contributed by atoms with E-state index in [1.54, 1.807) is 24.3 Å². The molecule has 0 heterocycles. The van der Waals surface area contributed by atoms with Gasteiger partial charge in [-0.2, -0.15) is 0 Å². The lowest BCUT2D eigenvalue weighted by molar-refractivity contribution is 0.116. The lowest BCUT2D eigenvalue weighted by Crippen LogP contribution is -2.23. The predicted octanol–water partition coefficient (Wildman–Crippen LogP) is 3.55. The van der Waals surface area contributed by atoms with Gasteiger partial charge in [-0.1, -0.05) is 12.1 Å². The van der Waals surface area contributed by atoms with Crippen molar-refractivity contribution in [2.75, 3.05) is 0 Å². The molecule has 0 aliphatic heterocycles. The SMILES string of the molecule is CC(C)(C)Oc1ccc([C@H](N)C(F)F)cc1.Cl. The van der Waals surface area contributed by atoms with E-state index in [1.165, 1.54) is 0 Å². The van der Waals surface area contributed by atoms with Crippen molar-refractivity contribution in [3.8, 4) is 5.75 Å². The second-order valence-electron chi connectivity index (χ2n) is 4.64. The van der Waals surface area contributed by atoms with Crippen LogP contribution in [0.3, 0.4) is 0 Å². The van der Waals surface area contributed by atoms with Gasteiger partial charge in [0.1, 0.15) is 11.4 Å². The van der Waals surface area contributed by atoms with Crippen LogP contribution in [0, 0.1) is 0 Å². The summed E-state index contributed by atoms with van der Waals surface area (Å²) in [7, 11) is 0. The van der Waals surface area contributed by atoms with E-state index in [0.717, 1.165) is 0 Å². The fourth-order valence-corrected chi connectivity index (χ4v) is 1.26. The Balaban J connectivity index is 0.00000256. The lowest BCUT2D eigenvalue weighted by Gasteiger charge is -2.21. The molecule has 1 aromatic carbocycles. The Labute approximate surface area is 107 Å². The summed E-state index contributed by atoms with van der Waals surface area (Å²) in [6.45, 7) is 5.77. The molecular formula is C12H18ClF2NO. The van der Waals surface area contributed by atoms with Gasteiger partial charge < -0.3 is 10.5 Å². The molecule has 0 aliphatic carbocycles. The van der Waals surface area contributed by atoms with Crippen LogP contribution in [0.4, 0.5) is 8.78 Å². The van der Waals surface area contributed by atoms with Gasteiger partial charge in [-0.05, 0) is 38.5 Å². The Morgan fingerprint density at radius 2 is 1.59 bits per heavy atom. The minimum atomic E-state index is -2.55. The third kappa shape index (κ3) is 5.33. The summed E-state index contributed by atoms with van der Waals surface area (Å²) in [6.07, 6.45) is -2.55. The molecule has 0 saturated heterocycles. The number of rotatable bonds is 3. The molecule has 0 radical (unpaired) electrons. The zero-order valence-electron chi connectivity index (χ0n) is 10.1. The van der Waals surface area contributed by atoms with Crippen molar-refractivity contribution in [1.82, 2.24) is 0 Å². The van der Waals surface area contributed by atoms with Crippen LogP contribution in [0.5, 0.6) is 5.75 Å². The summed E-state index contributed by atoms with van der Waals surface area (Å²) in [6, 6.07) is 5.21. The van der Waals surface area contributed by atoms with E-state index in [4.69, 9.17) is 10.5 Å². The van der Waals surface area contributed by atoms with Gasteiger partial charge in [0.25, 0.3) is 6.43 Å². The maximum Gasteiger partial charge on any atom is 0.257 e. The number of hydrogen-bond donors (Lipinski definition) is 1.